The maximum absolute atomic E-state index is 16.3. The highest BCUT2D eigenvalue weighted by Gasteiger charge is 2.44. The molecule has 0 unspecified atom stereocenters. The van der Waals surface area contributed by atoms with Gasteiger partial charge in [0, 0.05) is 54.5 Å². The third kappa shape index (κ3) is 12.9. The van der Waals surface area contributed by atoms with Crippen molar-refractivity contribution in [3.8, 4) is 46.0 Å². The second-order valence-corrected chi connectivity index (χ2v) is 43.7. The van der Waals surface area contributed by atoms with Crippen molar-refractivity contribution in [2.75, 3.05) is 21.3 Å². The Hall–Kier alpha value is -14.9. The minimum atomic E-state index is -0.449. The number of benzene rings is 18. The Bertz CT molecular complexity index is 7840. The molecule has 0 radical (unpaired) electrons. The number of anilines is 4. The summed E-state index contributed by atoms with van der Waals surface area (Å²) in [6.07, 6.45) is 0. The summed E-state index contributed by atoms with van der Waals surface area (Å²) >= 11 is 0. The number of nitrogen functional groups attached to an aromatic ring is 2. The molecule has 672 valence electrons. The smallest absolute Gasteiger partial charge is 0.266 e. The second-order valence-electron chi connectivity index (χ2n) is 43.7. The van der Waals surface area contributed by atoms with Gasteiger partial charge in [-0.25, -0.2) is 9.80 Å². The molecule has 4 N–H and O–H groups in total. The van der Waals surface area contributed by atoms with Crippen LogP contribution in [-0.4, -0.2) is 23.6 Å². The van der Waals surface area contributed by atoms with Crippen molar-refractivity contribution < 1.29 is 38.1 Å². The monoisotopic (exact) mass is 1780 g/mol. The van der Waals surface area contributed by atoms with Crippen molar-refractivity contribution in [1.29, 1.82) is 0 Å². The maximum Gasteiger partial charge on any atom is 0.266 e. The number of nitrogens with zero attached hydrogens (tertiary/aromatic N) is 2. The Morgan fingerprint density at radius 3 is 0.618 bits per heavy atom. The van der Waals surface area contributed by atoms with Crippen molar-refractivity contribution in [2.45, 2.75) is 184 Å². The molecule has 0 atom stereocenters. The van der Waals surface area contributed by atoms with Crippen molar-refractivity contribution in [3.05, 3.63) is 309 Å². The number of carbonyl (C=O) groups is 4. The molecule has 21 aromatic carbocycles. The van der Waals surface area contributed by atoms with E-state index in [1.165, 1.54) is 9.80 Å². The largest absolute Gasteiger partial charge is 0.457 e. The van der Waals surface area contributed by atoms with Crippen LogP contribution in [0.3, 0.4) is 0 Å². The summed E-state index contributed by atoms with van der Waals surface area (Å²) in [6, 6.07) is 84.5. The molecule has 4 amide bonds. The van der Waals surface area contributed by atoms with Crippen LogP contribution in [0.25, 0.3) is 151 Å². The summed E-state index contributed by atoms with van der Waals surface area (Å²) in [5, 5.41) is 26.3. The van der Waals surface area contributed by atoms with Crippen LogP contribution in [0.5, 0.6) is 46.0 Å². The highest BCUT2D eigenvalue weighted by atomic mass is 16.5. The van der Waals surface area contributed by atoms with Crippen LogP contribution in [0.4, 0.5) is 22.7 Å². The van der Waals surface area contributed by atoms with Crippen LogP contribution in [0.2, 0.25) is 0 Å². The van der Waals surface area contributed by atoms with Gasteiger partial charge in [0.1, 0.15) is 46.0 Å². The van der Waals surface area contributed by atoms with Crippen molar-refractivity contribution in [3.63, 3.8) is 0 Å². The Labute approximate surface area is 790 Å². The number of fused-ring (bicyclic) bond motifs is 12. The zero-order valence-electron chi connectivity index (χ0n) is 80.7. The van der Waals surface area contributed by atoms with Gasteiger partial charge in [-0.3, -0.25) is 19.2 Å². The zero-order valence-corrected chi connectivity index (χ0v) is 80.7. The second kappa shape index (κ2) is 29.8. The van der Waals surface area contributed by atoms with Crippen LogP contribution >= 0.6 is 0 Å². The number of amides is 4. The van der Waals surface area contributed by atoms with Gasteiger partial charge in [0.15, 0.2) is 0 Å². The molecule has 136 heavy (non-hydrogen) atoms. The maximum atomic E-state index is 16.3. The number of rotatable bonds is 14. The lowest BCUT2D eigenvalue weighted by Gasteiger charge is -2.34. The molecule has 0 fully saturated rings. The lowest BCUT2D eigenvalue weighted by molar-refractivity contribution is 0.0877. The van der Waals surface area contributed by atoms with E-state index in [1.54, 1.807) is 0 Å². The van der Waals surface area contributed by atoms with E-state index in [0.29, 0.717) is 113 Å². The molecule has 0 spiro atoms. The average Bonchev–Trinajstić information content (AvgIpc) is 1.41. The lowest BCUT2D eigenvalue weighted by atomic mass is 9.82. The van der Waals surface area contributed by atoms with Crippen LogP contribution in [0, 0.1) is 0 Å². The van der Waals surface area contributed by atoms with E-state index in [4.69, 9.17) is 30.4 Å². The first-order valence-electron chi connectivity index (χ1n) is 47.8. The molecular weight excluding hydrogens is 1670 g/mol. The molecule has 0 aliphatic carbocycles. The Morgan fingerprint density at radius 2 is 0.419 bits per heavy atom. The Balaban J connectivity index is 0.733. The van der Waals surface area contributed by atoms with Crippen molar-refractivity contribution >= 4 is 197 Å². The molecule has 21 aromatic rings. The van der Waals surface area contributed by atoms with Crippen LogP contribution in [0.15, 0.2) is 243 Å². The van der Waals surface area contributed by atoms with Crippen molar-refractivity contribution in [1.82, 2.24) is 0 Å². The summed E-state index contributed by atoms with van der Waals surface area (Å²) in [5.41, 5.74) is 24.3. The van der Waals surface area contributed by atoms with E-state index >= 15 is 19.2 Å². The van der Waals surface area contributed by atoms with Gasteiger partial charge in [-0.05, 0) is 319 Å². The molecule has 23 rings (SSSR count). The highest BCUT2D eigenvalue weighted by molar-refractivity contribution is 6.50. The Morgan fingerprint density at radius 1 is 0.221 bits per heavy atom. The fraction of sp³-hybridized carbons (Fsp3) is 0.226. The Kier molecular flexibility index (Phi) is 18.7. The molecule has 0 aromatic heterocycles. The quantitative estimate of drug-likeness (QED) is 0.0463. The van der Waals surface area contributed by atoms with Crippen LogP contribution in [0.1, 0.15) is 248 Å². The first kappa shape index (κ1) is 85.3. The molecule has 2 heterocycles. The fourth-order valence-corrected chi connectivity index (χ4v) is 22.4. The molecular formula is C124H108N4O8. The average molecular weight is 1780 g/mol. The standard InChI is InChI=1S/C124H108N4O8/c1-61(2)87-53-73(125)54-88(62(3)4)115(87)127-117(129)95-57-99(133-75-33-25-69(26-34-75)121(9,10)11)109-83-45-41-79-91-49-65-21-23-67-51-93-81-43-47-85-106-86(48-44-82(104(81)106)94(93)52-68(67)24-22-66(65)50-92(91)80-42-46-84(105(83)103(79)80)110-100(58-96(118(127)130)107(95)113(109)110)134-76-35-27-70(28-36-76)122(12,13)14)112-102(136-78-39-31-72(32-40-78)124(18,19)20)60-98-108-97(59-101(111(85)114(108)112)135-77-37-29-71(30-38-77)123(15,16)17)119(131)128(120(98)132)116-89(63(5)6)55-74(126)56-90(116)64(7)8/h21-64H,125-126H2,1-20H3. The first-order valence-corrected chi connectivity index (χ1v) is 47.8. The van der Waals surface area contributed by atoms with Gasteiger partial charge in [-0.2, -0.15) is 0 Å². The van der Waals surface area contributed by atoms with Crippen molar-refractivity contribution in [2.24, 2.45) is 0 Å². The van der Waals surface area contributed by atoms with Gasteiger partial charge in [0.25, 0.3) is 23.6 Å². The number of carbonyl (C=O) groups excluding carboxylic acids is 4. The normalized spacial score (nSPS) is 13.8. The third-order valence-corrected chi connectivity index (χ3v) is 29.4. The van der Waals surface area contributed by atoms with E-state index in [2.05, 4.69) is 284 Å². The molecule has 2 aliphatic rings. The lowest BCUT2D eigenvalue weighted by Crippen LogP contribution is -2.42. The summed E-state index contributed by atoms with van der Waals surface area (Å²) in [4.78, 5) is 68.1. The molecule has 2 aliphatic heterocycles. The molecule has 12 nitrogen and oxygen atoms in total. The predicted molar refractivity (Wildman–Crippen MR) is 566 cm³/mol. The van der Waals surface area contributed by atoms with E-state index in [0.717, 1.165) is 174 Å². The molecule has 0 bridgehead atoms. The number of hydrogen-bond donors (Lipinski definition) is 2. The van der Waals surface area contributed by atoms with Gasteiger partial charge >= 0.3 is 0 Å². The van der Waals surface area contributed by atoms with E-state index in [1.807, 2.05) is 97.1 Å². The summed E-state index contributed by atoms with van der Waals surface area (Å²) in [5.74, 6) is 2.07. The van der Waals surface area contributed by atoms with Gasteiger partial charge in [-0.1, -0.05) is 260 Å². The van der Waals surface area contributed by atoms with E-state index in [-0.39, 0.29) is 45.3 Å². The zero-order chi connectivity index (χ0) is 94.9. The fourth-order valence-electron chi connectivity index (χ4n) is 22.4. The first-order chi connectivity index (χ1) is 64.7. The minimum Gasteiger partial charge on any atom is -0.457 e. The molecule has 0 saturated heterocycles. The van der Waals surface area contributed by atoms with Gasteiger partial charge in [0.2, 0.25) is 0 Å². The third-order valence-electron chi connectivity index (χ3n) is 29.4. The topological polar surface area (TPSA) is 164 Å². The number of hydrogen-bond acceptors (Lipinski definition) is 10. The van der Waals surface area contributed by atoms with E-state index < -0.39 is 23.6 Å². The van der Waals surface area contributed by atoms with E-state index in [9.17, 15) is 0 Å². The summed E-state index contributed by atoms with van der Waals surface area (Å²) < 4.78 is 29.5. The van der Waals surface area contributed by atoms with Gasteiger partial charge in [0.05, 0.1) is 33.6 Å². The number of ether oxygens (including phenoxy) is 4. The predicted octanol–water partition coefficient (Wildman–Crippen LogP) is 33.8. The molecule has 0 saturated carbocycles. The van der Waals surface area contributed by atoms with Crippen LogP contribution in [-0.2, 0) is 21.7 Å². The number of imide groups is 2. The number of nitrogens with two attached hydrogens (primary N) is 2. The van der Waals surface area contributed by atoms with Crippen LogP contribution < -0.4 is 40.2 Å². The van der Waals surface area contributed by atoms with Gasteiger partial charge in [-0.15, -0.1) is 0 Å². The van der Waals surface area contributed by atoms with Gasteiger partial charge < -0.3 is 30.4 Å². The summed E-state index contributed by atoms with van der Waals surface area (Å²) in [6.45, 7) is 42.9. The highest BCUT2D eigenvalue weighted by Crippen LogP contribution is 2.60. The molecule has 12 heteroatoms. The summed E-state index contributed by atoms with van der Waals surface area (Å²) in [7, 11) is 0. The minimum absolute atomic E-state index is 0.101. The SMILES string of the molecule is CC(C)c1cc(N)cc(C(C)C)c1N1C(=O)c2cc(Oc3ccc(C(C)(C)C)cc3)c3c4ccc5c6cc7ccc8cc9c(cc8ccc7cc6c6ccc(c7c(Oc8ccc(C(C)(C)C)cc8)cc(c2c37)C1=O)c4c56)c1ccc2c3c(Oc4ccc(C(C)(C)C)cc4)cc4c5c(cc(Oc6ccc(C(C)(C)C)cc6)c(c6ccc9c1c62)c53)C(=O)N(c1c(C(C)C)cc(N)cc1C(C)C)C4=O.